The van der Waals surface area contributed by atoms with Crippen LogP contribution in [0.15, 0.2) is 66.8 Å². The second-order valence-electron chi connectivity index (χ2n) is 6.48. The van der Waals surface area contributed by atoms with Crippen LogP contribution in [0.1, 0.15) is 31.1 Å². The Bertz CT molecular complexity index is 828. The number of nitrogens with zero attached hydrogens (tertiary/aromatic N) is 4. The lowest BCUT2D eigenvalue weighted by Crippen LogP contribution is -2.44. The summed E-state index contributed by atoms with van der Waals surface area (Å²) in [5.41, 5.74) is 3.27. The molecule has 130 valence electrons. The lowest BCUT2D eigenvalue weighted by atomic mass is 9.92. The third kappa shape index (κ3) is 3.35. The standard InChI is InChI=1S/C21H26N4/c1-5-7-11-16(22-6-2)18-14-10-15-20(24(18)3)21-23-17-12-8-9-13-19(17)25(21)4/h5-9,11-13,18,20H,1-2,10,14-15H2,3-4H3/b11-7-,22-16+/t18-,20+/m0/s1. The van der Waals surface area contributed by atoms with Gasteiger partial charge in [-0.3, -0.25) is 9.89 Å². The summed E-state index contributed by atoms with van der Waals surface area (Å²) in [6.45, 7) is 7.53. The number of hydrogen-bond donors (Lipinski definition) is 0. The number of imidazole rings is 1. The number of aliphatic imine (C=N–C) groups is 1. The Hall–Kier alpha value is -2.46. The average molecular weight is 334 g/mol. The number of fused-ring (bicyclic) bond motifs is 1. The number of aryl methyl sites for hydroxylation is 1. The van der Waals surface area contributed by atoms with Gasteiger partial charge in [-0.05, 0) is 44.5 Å². The Labute approximate surface area is 149 Å². The maximum Gasteiger partial charge on any atom is 0.127 e. The molecule has 4 nitrogen and oxygen atoms in total. The highest BCUT2D eigenvalue weighted by Gasteiger charge is 2.33. The first-order valence-corrected chi connectivity index (χ1v) is 8.78. The lowest BCUT2D eigenvalue weighted by molar-refractivity contribution is 0.146. The SMILES string of the molecule is C=C/C=C\C(=N/C=C)[C@@H]1CCC[C@H](c2nc3ccccc3n2C)N1C. The predicted molar refractivity (Wildman–Crippen MR) is 106 cm³/mol. The van der Waals surface area contributed by atoms with E-state index in [1.807, 2.05) is 18.2 Å². The monoisotopic (exact) mass is 334 g/mol. The van der Waals surface area contributed by atoms with Crippen LogP contribution in [0.5, 0.6) is 0 Å². The molecule has 0 spiro atoms. The van der Waals surface area contributed by atoms with Gasteiger partial charge < -0.3 is 4.57 Å². The van der Waals surface area contributed by atoms with E-state index in [1.54, 1.807) is 12.3 Å². The smallest absolute Gasteiger partial charge is 0.127 e. The van der Waals surface area contributed by atoms with Gasteiger partial charge in [0.05, 0.1) is 28.8 Å². The Kier molecular flexibility index (Phi) is 5.29. The van der Waals surface area contributed by atoms with Gasteiger partial charge in [-0.2, -0.15) is 0 Å². The van der Waals surface area contributed by atoms with E-state index in [4.69, 9.17) is 4.98 Å². The highest BCUT2D eigenvalue weighted by atomic mass is 15.2. The molecule has 0 amide bonds. The molecule has 1 aromatic heterocycles. The zero-order chi connectivity index (χ0) is 17.8. The number of hydrogen-bond acceptors (Lipinski definition) is 3. The molecular weight excluding hydrogens is 308 g/mol. The van der Waals surface area contributed by atoms with Gasteiger partial charge in [0, 0.05) is 13.2 Å². The molecule has 0 N–H and O–H groups in total. The van der Waals surface area contributed by atoms with Gasteiger partial charge in [0.1, 0.15) is 5.82 Å². The van der Waals surface area contributed by atoms with Crippen molar-refractivity contribution in [2.24, 2.45) is 12.0 Å². The van der Waals surface area contributed by atoms with Crippen molar-refractivity contribution in [2.45, 2.75) is 31.3 Å². The molecule has 2 atom stereocenters. The second kappa shape index (κ2) is 7.62. The fourth-order valence-corrected chi connectivity index (χ4v) is 3.77. The fourth-order valence-electron chi connectivity index (χ4n) is 3.77. The van der Waals surface area contributed by atoms with E-state index in [9.17, 15) is 0 Å². The molecule has 1 aliphatic heterocycles. The van der Waals surface area contributed by atoms with Crippen molar-refractivity contribution in [1.29, 1.82) is 0 Å². The second-order valence-corrected chi connectivity index (χ2v) is 6.48. The van der Waals surface area contributed by atoms with E-state index >= 15 is 0 Å². The van der Waals surface area contributed by atoms with Crippen LogP contribution in [0.25, 0.3) is 11.0 Å². The zero-order valence-electron chi connectivity index (χ0n) is 15.1. The maximum atomic E-state index is 4.92. The van der Waals surface area contributed by atoms with Crippen LogP contribution >= 0.6 is 0 Å². The van der Waals surface area contributed by atoms with Gasteiger partial charge in [-0.25, -0.2) is 4.98 Å². The van der Waals surface area contributed by atoms with E-state index in [0.29, 0.717) is 0 Å². The minimum absolute atomic E-state index is 0.257. The Morgan fingerprint density at radius 3 is 2.76 bits per heavy atom. The van der Waals surface area contributed by atoms with Gasteiger partial charge in [0.15, 0.2) is 0 Å². The minimum atomic E-state index is 0.257. The molecule has 0 radical (unpaired) electrons. The quantitative estimate of drug-likeness (QED) is 0.599. The molecule has 2 aromatic rings. The summed E-state index contributed by atoms with van der Waals surface area (Å²) in [4.78, 5) is 11.8. The number of rotatable bonds is 5. The van der Waals surface area contributed by atoms with E-state index < -0.39 is 0 Å². The summed E-state index contributed by atoms with van der Waals surface area (Å²) in [7, 11) is 4.28. The first-order chi connectivity index (χ1) is 12.2. The highest BCUT2D eigenvalue weighted by Crippen LogP contribution is 2.34. The van der Waals surface area contributed by atoms with E-state index in [2.05, 4.69) is 59.9 Å². The molecule has 2 heterocycles. The Morgan fingerprint density at radius 1 is 1.24 bits per heavy atom. The van der Waals surface area contributed by atoms with Crippen LogP contribution < -0.4 is 0 Å². The van der Waals surface area contributed by atoms with E-state index in [0.717, 1.165) is 36.3 Å². The molecule has 1 aromatic carbocycles. The van der Waals surface area contributed by atoms with Gasteiger partial charge in [0.25, 0.3) is 0 Å². The van der Waals surface area contributed by atoms with Gasteiger partial charge in [-0.15, -0.1) is 0 Å². The summed E-state index contributed by atoms with van der Waals surface area (Å²) in [6, 6.07) is 8.86. The zero-order valence-corrected chi connectivity index (χ0v) is 15.1. The minimum Gasteiger partial charge on any atom is -0.330 e. The maximum absolute atomic E-state index is 4.92. The number of para-hydroxylation sites is 2. The van der Waals surface area contributed by atoms with E-state index in [-0.39, 0.29) is 12.1 Å². The van der Waals surface area contributed by atoms with Gasteiger partial charge in [-0.1, -0.05) is 37.4 Å². The van der Waals surface area contributed by atoms with Crippen molar-refractivity contribution in [3.8, 4) is 0 Å². The first kappa shape index (κ1) is 17.4. The van der Waals surface area contributed by atoms with Crippen LogP contribution in [0.2, 0.25) is 0 Å². The van der Waals surface area contributed by atoms with E-state index in [1.165, 1.54) is 5.52 Å². The largest absolute Gasteiger partial charge is 0.330 e. The van der Waals surface area contributed by atoms with Crippen LogP contribution in [0.4, 0.5) is 0 Å². The fraction of sp³-hybridized carbons (Fsp3) is 0.333. The summed E-state index contributed by atoms with van der Waals surface area (Å²) in [5.74, 6) is 1.12. The van der Waals surface area contributed by atoms with Crippen LogP contribution in [-0.2, 0) is 7.05 Å². The van der Waals surface area contributed by atoms with Gasteiger partial charge in [0.2, 0.25) is 0 Å². The average Bonchev–Trinajstić information content (AvgIpc) is 2.96. The molecule has 0 aliphatic carbocycles. The van der Waals surface area contributed by atoms with Crippen molar-refractivity contribution < 1.29 is 0 Å². The summed E-state index contributed by atoms with van der Waals surface area (Å²) in [5, 5.41) is 0. The summed E-state index contributed by atoms with van der Waals surface area (Å²) < 4.78 is 2.22. The van der Waals surface area contributed by atoms with Crippen molar-refractivity contribution >= 4 is 16.7 Å². The number of likely N-dealkylation sites (tertiary alicyclic amines) is 1. The van der Waals surface area contributed by atoms with Gasteiger partial charge >= 0.3 is 0 Å². The molecular formula is C21H26N4. The Morgan fingerprint density at radius 2 is 2.04 bits per heavy atom. The normalized spacial score (nSPS) is 22.6. The van der Waals surface area contributed by atoms with Crippen molar-refractivity contribution in [1.82, 2.24) is 14.5 Å². The third-order valence-electron chi connectivity index (χ3n) is 5.04. The molecule has 4 heteroatoms. The molecule has 0 unspecified atom stereocenters. The topological polar surface area (TPSA) is 33.4 Å². The van der Waals surface area contributed by atoms with Crippen molar-refractivity contribution in [3.05, 3.63) is 67.7 Å². The Balaban J connectivity index is 1.96. The number of allylic oxidation sites excluding steroid dienone is 2. The number of piperidine rings is 1. The third-order valence-corrected chi connectivity index (χ3v) is 5.04. The van der Waals surface area contributed by atoms with Crippen LogP contribution in [0, 0.1) is 0 Å². The number of benzene rings is 1. The molecule has 0 bridgehead atoms. The molecule has 25 heavy (non-hydrogen) atoms. The highest BCUT2D eigenvalue weighted by molar-refractivity contribution is 6.00. The number of aromatic nitrogens is 2. The summed E-state index contributed by atoms with van der Waals surface area (Å²) >= 11 is 0. The molecule has 1 saturated heterocycles. The van der Waals surface area contributed by atoms with Crippen LogP contribution in [0.3, 0.4) is 0 Å². The molecule has 3 rings (SSSR count). The predicted octanol–water partition coefficient (Wildman–Crippen LogP) is 4.43. The lowest BCUT2D eigenvalue weighted by Gasteiger charge is -2.39. The molecule has 1 fully saturated rings. The molecule has 0 saturated carbocycles. The molecule has 1 aliphatic rings. The van der Waals surface area contributed by atoms with Crippen LogP contribution in [-0.4, -0.2) is 33.3 Å². The van der Waals surface area contributed by atoms with Crippen molar-refractivity contribution in [3.63, 3.8) is 0 Å². The first-order valence-electron chi connectivity index (χ1n) is 8.78. The van der Waals surface area contributed by atoms with Crippen molar-refractivity contribution in [2.75, 3.05) is 7.05 Å². The summed E-state index contributed by atoms with van der Waals surface area (Å²) in [6.07, 6.45) is 10.7.